The predicted molar refractivity (Wildman–Crippen MR) is 159 cm³/mol. The third-order valence-electron chi connectivity index (χ3n) is 6.65. The Balaban J connectivity index is 1.61. The molecule has 0 saturated heterocycles. The van der Waals surface area contributed by atoms with Crippen molar-refractivity contribution in [2.75, 3.05) is 7.11 Å². The van der Waals surface area contributed by atoms with Crippen molar-refractivity contribution in [3.63, 3.8) is 0 Å². The highest BCUT2D eigenvalue weighted by Crippen LogP contribution is 2.29. The van der Waals surface area contributed by atoms with E-state index in [2.05, 4.69) is 37.5 Å². The quantitative estimate of drug-likeness (QED) is 0.117. The highest BCUT2D eigenvalue weighted by atomic mass is 16.5. The number of aliphatic hydroxyl groups is 1. The first-order valence-electron chi connectivity index (χ1n) is 13.9. The van der Waals surface area contributed by atoms with E-state index in [1.165, 1.54) is 18.4 Å². The van der Waals surface area contributed by atoms with Crippen LogP contribution in [0.15, 0.2) is 85.5 Å². The molecule has 0 fully saturated rings. The van der Waals surface area contributed by atoms with E-state index in [9.17, 15) is 5.11 Å². The summed E-state index contributed by atoms with van der Waals surface area (Å²) < 4.78 is 17.6. The number of unbranched alkanes of at least 4 members (excludes halogenated alkanes) is 2. The number of allylic oxidation sites excluding steroid dienone is 1. The molecule has 0 aliphatic carbocycles. The van der Waals surface area contributed by atoms with E-state index < -0.39 is 6.10 Å². The average Bonchev–Trinajstić information content (AvgIpc) is 2.98. The number of benzene rings is 3. The minimum atomic E-state index is -0.895. The lowest BCUT2D eigenvalue weighted by Crippen LogP contribution is -2.13. The maximum absolute atomic E-state index is 11.0. The van der Waals surface area contributed by atoms with Crippen LogP contribution in [0.4, 0.5) is 0 Å². The summed E-state index contributed by atoms with van der Waals surface area (Å²) in [7, 11) is 1.65. The molecule has 0 aliphatic rings. The smallest absolute Gasteiger partial charge is 0.140 e. The Hall–Kier alpha value is -3.52. The van der Waals surface area contributed by atoms with Gasteiger partial charge in [-0.25, -0.2) is 0 Å². The Kier molecular flexibility index (Phi) is 13.2. The number of aliphatic hydroxyl groups excluding tert-OH is 1. The number of hydrogen-bond donors (Lipinski definition) is 1. The van der Waals surface area contributed by atoms with Crippen molar-refractivity contribution in [1.82, 2.24) is 0 Å². The lowest BCUT2D eigenvalue weighted by atomic mass is 9.98. The summed E-state index contributed by atoms with van der Waals surface area (Å²) in [5.41, 5.74) is 3.89. The summed E-state index contributed by atoms with van der Waals surface area (Å²) in [6.07, 6.45) is 7.77. The number of hydrogen-bond acceptors (Lipinski definition) is 4. The van der Waals surface area contributed by atoms with Crippen LogP contribution in [-0.2, 0) is 24.4 Å². The van der Waals surface area contributed by atoms with Gasteiger partial charge < -0.3 is 19.3 Å². The zero-order valence-corrected chi connectivity index (χ0v) is 23.4. The van der Waals surface area contributed by atoms with Crippen LogP contribution in [0.3, 0.4) is 0 Å². The van der Waals surface area contributed by atoms with Gasteiger partial charge in [0.25, 0.3) is 0 Å². The van der Waals surface area contributed by atoms with Gasteiger partial charge in [-0.1, -0.05) is 92.8 Å². The minimum absolute atomic E-state index is 0.161. The van der Waals surface area contributed by atoms with Crippen molar-refractivity contribution < 1.29 is 19.3 Å². The van der Waals surface area contributed by atoms with Gasteiger partial charge in [0, 0.05) is 12.0 Å². The van der Waals surface area contributed by atoms with Crippen molar-refractivity contribution >= 4 is 0 Å². The van der Waals surface area contributed by atoms with Gasteiger partial charge in [-0.2, -0.15) is 0 Å². The van der Waals surface area contributed by atoms with Gasteiger partial charge in [0.05, 0.1) is 19.8 Å². The van der Waals surface area contributed by atoms with Crippen LogP contribution in [-0.4, -0.2) is 18.3 Å². The molecular weight excluding hydrogens is 484 g/mol. The monoisotopic (exact) mass is 526 g/mol. The zero-order chi connectivity index (χ0) is 27.7. The summed E-state index contributed by atoms with van der Waals surface area (Å²) in [6, 6.07) is 23.8. The molecule has 0 saturated carbocycles. The van der Waals surface area contributed by atoms with Gasteiger partial charge >= 0.3 is 0 Å². The Morgan fingerprint density at radius 1 is 0.897 bits per heavy atom. The van der Waals surface area contributed by atoms with Gasteiger partial charge in [0.15, 0.2) is 0 Å². The van der Waals surface area contributed by atoms with Gasteiger partial charge in [0.2, 0.25) is 0 Å². The number of rotatable bonds is 16. The third-order valence-corrected chi connectivity index (χ3v) is 6.65. The van der Waals surface area contributed by atoms with Crippen LogP contribution in [0.5, 0.6) is 11.5 Å². The van der Waals surface area contributed by atoms with Crippen LogP contribution in [0.25, 0.3) is 0 Å². The van der Waals surface area contributed by atoms with Crippen molar-refractivity contribution in [2.24, 2.45) is 0 Å². The SMILES string of the molecule is C=CCc1c(OCc2ccc(OC)cc2)cccc1C(O)C#CCC[C@H](CCCCC)OCc1ccccc1. The van der Waals surface area contributed by atoms with Gasteiger partial charge in [-0.15, -0.1) is 12.5 Å². The highest BCUT2D eigenvalue weighted by molar-refractivity contribution is 5.45. The second-order valence-corrected chi connectivity index (χ2v) is 9.63. The summed E-state index contributed by atoms with van der Waals surface area (Å²) >= 11 is 0. The molecule has 0 aromatic heterocycles. The standard InChI is InChI=1S/C35H42O4/c1-4-6-8-17-31(38-26-28-15-9-7-10-16-28)18-11-12-20-34(36)32-19-13-21-35(33(32)14-5-2)39-27-29-22-24-30(37-3)25-23-29/h5,7,9-10,13,15-16,19,21-25,31,34,36H,2,4,6,8,11,14,17-18,26-27H2,1,3H3/t31-,34?/m0/s1. The van der Waals surface area contributed by atoms with E-state index in [1.807, 2.05) is 66.7 Å². The fourth-order valence-electron chi connectivity index (χ4n) is 4.42. The Bertz CT molecular complexity index is 1170. The normalized spacial score (nSPS) is 12.2. The molecule has 4 heteroatoms. The molecule has 2 atom stereocenters. The van der Waals surface area contributed by atoms with E-state index in [-0.39, 0.29) is 6.10 Å². The van der Waals surface area contributed by atoms with Crippen LogP contribution in [0, 0.1) is 11.8 Å². The van der Waals surface area contributed by atoms with Crippen molar-refractivity contribution in [3.8, 4) is 23.3 Å². The van der Waals surface area contributed by atoms with Crippen LogP contribution < -0.4 is 9.47 Å². The Morgan fingerprint density at radius 2 is 1.67 bits per heavy atom. The molecule has 3 aromatic rings. The molecule has 0 aliphatic heterocycles. The summed E-state index contributed by atoms with van der Waals surface area (Å²) in [5, 5.41) is 11.0. The maximum atomic E-state index is 11.0. The third kappa shape index (κ3) is 10.3. The fourth-order valence-corrected chi connectivity index (χ4v) is 4.42. The Morgan fingerprint density at radius 3 is 2.38 bits per heavy atom. The van der Waals surface area contributed by atoms with Gasteiger partial charge in [-0.05, 0) is 54.2 Å². The lowest BCUT2D eigenvalue weighted by Gasteiger charge is -2.17. The minimum Gasteiger partial charge on any atom is -0.497 e. The summed E-state index contributed by atoms with van der Waals surface area (Å²) in [4.78, 5) is 0. The van der Waals surface area contributed by atoms with Crippen molar-refractivity contribution in [1.29, 1.82) is 0 Å². The molecule has 3 aromatic carbocycles. The second-order valence-electron chi connectivity index (χ2n) is 9.63. The van der Waals surface area contributed by atoms with E-state index in [0.717, 1.165) is 47.5 Å². The predicted octanol–water partition coefficient (Wildman–Crippen LogP) is 7.99. The topological polar surface area (TPSA) is 47.9 Å². The van der Waals surface area contributed by atoms with Gasteiger partial charge in [0.1, 0.15) is 24.2 Å². The first-order chi connectivity index (χ1) is 19.1. The first-order valence-corrected chi connectivity index (χ1v) is 13.9. The van der Waals surface area contributed by atoms with Crippen molar-refractivity contribution in [2.45, 2.75) is 77.3 Å². The molecule has 0 radical (unpaired) electrons. The molecule has 0 spiro atoms. The maximum Gasteiger partial charge on any atom is 0.140 e. The van der Waals surface area contributed by atoms with E-state index in [0.29, 0.717) is 26.1 Å². The van der Waals surface area contributed by atoms with Crippen molar-refractivity contribution in [3.05, 3.63) is 108 Å². The summed E-state index contributed by atoms with van der Waals surface area (Å²) in [6.45, 7) is 7.14. The van der Waals surface area contributed by atoms with E-state index in [1.54, 1.807) is 7.11 Å². The molecule has 0 heterocycles. The molecule has 0 amide bonds. The molecular formula is C35H42O4. The van der Waals surface area contributed by atoms with Crippen LogP contribution >= 0.6 is 0 Å². The lowest BCUT2D eigenvalue weighted by molar-refractivity contribution is 0.0288. The first kappa shape index (κ1) is 30.0. The molecule has 3 rings (SSSR count). The van der Waals surface area contributed by atoms with Crippen LogP contribution in [0.1, 0.15) is 73.8 Å². The van der Waals surface area contributed by atoms with E-state index >= 15 is 0 Å². The number of methoxy groups -OCH3 is 1. The van der Waals surface area contributed by atoms with Crippen LogP contribution in [0.2, 0.25) is 0 Å². The summed E-state index contributed by atoms with van der Waals surface area (Å²) in [5.74, 6) is 7.80. The second kappa shape index (κ2) is 17.1. The highest BCUT2D eigenvalue weighted by Gasteiger charge is 2.15. The number of ether oxygens (including phenoxy) is 3. The molecule has 0 bridgehead atoms. The zero-order valence-electron chi connectivity index (χ0n) is 23.4. The van der Waals surface area contributed by atoms with Gasteiger partial charge in [-0.3, -0.25) is 0 Å². The largest absolute Gasteiger partial charge is 0.497 e. The van der Waals surface area contributed by atoms with E-state index in [4.69, 9.17) is 14.2 Å². The molecule has 206 valence electrons. The molecule has 1 N–H and O–H groups in total. The fraction of sp³-hybridized carbons (Fsp3) is 0.371. The molecule has 4 nitrogen and oxygen atoms in total. The molecule has 39 heavy (non-hydrogen) atoms. The Labute approximate surface area is 234 Å². The average molecular weight is 527 g/mol. The molecule has 1 unspecified atom stereocenters.